The number of hydrogen-bond acceptors (Lipinski definition) is 4. The summed E-state index contributed by atoms with van der Waals surface area (Å²) in [6, 6.07) is 7.92. The molecule has 96 valence electrons. The third-order valence-electron chi connectivity index (χ3n) is 2.50. The molecular formula is C13H15NO3S. The van der Waals surface area contributed by atoms with Crippen molar-refractivity contribution < 1.29 is 13.2 Å². The molecule has 0 spiro atoms. The van der Waals surface area contributed by atoms with Crippen LogP contribution in [0.3, 0.4) is 0 Å². The van der Waals surface area contributed by atoms with Crippen molar-refractivity contribution in [2.45, 2.75) is 19.8 Å². The summed E-state index contributed by atoms with van der Waals surface area (Å²) in [5.41, 5.74) is 0.773. The summed E-state index contributed by atoms with van der Waals surface area (Å²) in [6.45, 7) is 1.90. The lowest BCUT2D eigenvalue weighted by Gasteiger charge is -2.03. The Morgan fingerprint density at radius 1 is 1.28 bits per heavy atom. The van der Waals surface area contributed by atoms with Gasteiger partial charge in [0, 0.05) is 5.56 Å². The SMILES string of the molecule is CCCCS(=O)(=O)CC(=O)c1ccc(C#N)cc1. The first-order valence-electron chi connectivity index (χ1n) is 5.72. The summed E-state index contributed by atoms with van der Waals surface area (Å²) >= 11 is 0. The van der Waals surface area contributed by atoms with Crippen LogP contribution in [-0.2, 0) is 9.84 Å². The summed E-state index contributed by atoms with van der Waals surface area (Å²) in [7, 11) is -3.32. The minimum atomic E-state index is -3.32. The number of carbonyl (C=O) groups is 1. The molecule has 0 saturated carbocycles. The van der Waals surface area contributed by atoms with Crippen LogP contribution >= 0.6 is 0 Å². The molecule has 0 aromatic heterocycles. The van der Waals surface area contributed by atoms with E-state index >= 15 is 0 Å². The van der Waals surface area contributed by atoms with E-state index in [9.17, 15) is 13.2 Å². The fourth-order valence-electron chi connectivity index (χ4n) is 1.45. The maximum Gasteiger partial charge on any atom is 0.177 e. The molecule has 0 heterocycles. The van der Waals surface area contributed by atoms with Crippen LogP contribution in [0.1, 0.15) is 35.7 Å². The Hall–Kier alpha value is -1.67. The van der Waals surface area contributed by atoms with Gasteiger partial charge in [-0.15, -0.1) is 0 Å². The van der Waals surface area contributed by atoms with E-state index in [1.54, 1.807) is 0 Å². The number of nitrogens with zero attached hydrogens (tertiary/aromatic N) is 1. The number of rotatable bonds is 6. The average molecular weight is 265 g/mol. The molecule has 0 atom stereocenters. The molecule has 0 aliphatic rings. The van der Waals surface area contributed by atoms with Crippen LogP contribution in [0, 0.1) is 11.3 Å². The predicted octanol–water partition coefficient (Wildman–Crippen LogP) is 1.96. The van der Waals surface area contributed by atoms with Gasteiger partial charge in [-0.3, -0.25) is 4.79 Å². The highest BCUT2D eigenvalue weighted by molar-refractivity contribution is 7.92. The average Bonchev–Trinajstić information content (AvgIpc) is 2.36. The van der Waals surface area contributed by atoms with Gasteiger partial charge < -0.3 is 0 Å². The molecule has 0 N–H and O–H groups in total. The Kier molecular flexibility index (Phi) is 5.05. The number of hydrogen-bond donors (Lipinski definition) is 0. The van der Waals surface area contributed by atoms with Crippen molar-refractivity contribution >= 4 is 15.6 Å². The fraction of sp³-hybridized carbons (Fsp3) is 0.385. The van der Waals surface area contributed by atoms with Crippen LogP contribution in [0.4, 0.5) is 0 Å². The Balaban J connectivity index is 2.73. The van der Waals surface area contributed by atoms with Crippen molar-refractivity contribution in [3.05, 3.63) is 35.4 Å². The molecule has 0 aliphatic heterocycles. The van der Waals surface area contributed by atoms with E-state index in [1.807, 2.05) is 13.0 Å². The lowest BCUT2D eigenvalue weighted by atomic mass is 10.1. The molecule has 0 fully saturated rings. The maximum absolute atomic E-state index is 11.8. The van der Waals surface area contributed by atoms with Crippen molar-refractivity contribution in [2.75, 3.05) is 11.5 Å². The minimum absolute atomic E-state index is 0.0471. The normalized spacial score (nSPS) is 10.9. The Morgan fingerprint density at radius 3 is 2.39 bits per heavy atom. The first-order chi connectivity index (χ1) is 8.48. The number of benzene rings is 1. The third-order valence-corrected chi connectivity index (χ3v) is 4.11. The van der Waals surface area contributed by atoms with Crippen molar-refractivity contribution in [1.29, 1.82) is 5.26 Å². The number of carbonyl (C=O) groups excluding carboxylic acids is 1. The van der Waals surface area contributed by atoms with E-state index in [1.165, 1.54) is 24.3 Å². The molecule has 0 radical (unpaired) electrons. The zero-order chi connectivity index (χ0) is 13.6. The lowest BCUT2D eigenvalue weighted by molar-refractivity contribution is 0.102. The first-order valence-corrected chi connectivity index (χ1v) is 7.54. The van der Waals surface area contributed by atoms with Gasteiger partial charge in [-0.1, -0.05) is 25.5 Å². The highest BCUT2D eigenvalue weighted by atomic mass is 32.2. The number of unbranched alkanes of at least 4 members (excludes halogenated alkanes) is 1. The van der Waals surface area contributed by atoms with Crippen molar-refractivity contribution in [2.24, 2.45) is 0 Å². The van der Waals surface area contributed by atoms with Crippen LogP contribution < -0.4 is 0 Å². The Morgan fingerprint density at radius 2 is 1.89 bits per heavy atom. The third kappa shape index (κ3) is 4.30. The highest BCUT2D eigenvalue weighted by Gasteiger charge is 2.17. The van der Waals surface area contributed by atoms with Crippen LogP contribution in [0.15, 0.2) is 24.3 Å². The second-order valence-corrected chi connectivity index (χ2v) is 6.24. The van der Waals surface area contributed by atoms with Crippen LogP contribution in [0.25, 0.3) is 0 Å². The fourth-order valence-corrected chi connectivity index (χ4v) is 2.89. The summed E-state index contributed by atoms with van der Waals surface area (Å²) in [5, 5.41) is 8.62. The monoisotopic (exact) mass is 265 g/mol. The molecule has 1 aromatic rings. The second kappa shape index (κ2) is 6.31. The molecule has 0 aliphatic carbocycles. The molecule has 0 amide bonds. The van der Waals surface area contributed by atoms with Crippen molar-refractivity contribution in [1.82, 2.24) is 0 Å². The second-order valence-electron chi connectivity index (χ2n) is 4.06. The topological polar surface area (TPSA) is 75.0 Å². The smallest absolute Gasteiger partial charge is 0.177 e. The lowest BCUT2D eigenvalue weighted by Crippen LogP contribution is -2.19. The molecule has 1 rings (SSSR count). The number of ketones is 1. The molecule has 5 heteroatoms. The Labute approximate surface area is 107 Å². The van der Waals surface area contributed by atoms with E-state index < -0.39 is 21.4 Å². The van der Waals surface area contributed by atoms with Gasteiger partial charge >= 0.3 is 0 Å². The maximum atomic E-state index is 11.8. The molecule has 0 bridgehead atoms. The molecule has 4 nitrogen and oxygen atoms in total. The number of Topliss-reactive ketones (excluding diaryl/α,β-unsaturated/α-hetero) is 1. The van der Waals surface area contributed by atoms with E-state index in [-0.39, 0.29) is 5.75 Å². The van der Waals surface area contributed by atoms with Gasteiger partial charge in [0.15, 0.2) is 15.6 Å². The summed E-state index contributed by atoms with van der Waals surface area (Å²) in [5.74, 6) is -0.833. The van der Waals surface area contributed by atoms with Gasteiger partial charge in [0.25, 0.3) is 0 Å². The summed E-state index contributed by atoms with van der Waals surface area (Å²) in [6.07, 6.45) is 1.35. The van der Waals surface area contributed by atoms with Crippen LogP contribution in [-0.4, -0.2) is 25.7 Å². The highest BCUT2D eigenvalue weighted by Crippen LogP contribution is 2.07. The van der Waals surface area contributed by atoms with Gasteiger partial charge in [0.1, 0.15) is 5.75 Å². The van der Waals surface area contributed by atoms with Gasteiger partial charge in [-0.25, -0.2) is 8.42 Å². The van der Waals surface area contributed by atoms with Crippen LogP contribution in [0.2, 0.25) is 0 Å². The van der Waals surface area contributed by atoms with Gasteiger partial charge in [-0.2, -0.15) is 5.26 Å². The summed E-state index contributed by atoms with van der Waals surface area (Å²) < 4.78 is 23.2. The largest absolute Gasteiger partial charge is 0.293 e. The molecule has 0 unspecified atom stereocenters. The zero-order valence-electron chi connectivity index (χ0n) is 10.2. The van der Waals surface area contributed by atoms with Gasteiger partial charge in [-0.05, 0) is 18.6 Å². The summed E-state index contributed by atoms with van der Waals surface area (Å²) in [4.78, 5) is 11.8. The van der Waals surface area contributed by atoms with E-state index in [0.29, 0.717) is 17.5 Å². The van der Waals surface area contributed by atoms with E-state index in [0.717, 1.165) is 6.42 Å². The quantitative estimate of drug-likeness (QED) is 0.737. The predicted molar refractivity (Wildman–Crippen MR) is 69.0 cm³/mol. The van der Waals surface area contributed by atoms with Crippen molar-refractivity contribution in [3.8, 4) is 6.07 Å². The Bertz CT molecular complexity index is 553. The number of nitriles is 1. The van der Waals surface area contributed by atoms with E-state index in [4.69, 9.17) is 5.26 Å². The molecular weight excluding hydrogens is 250 g/mol. The van der Waals surface area contributed by atoms with Crippen molar-refractivity contribution in [3.63, 3.8) is 0 Å². The van der Waals surface area contributed by atoms with E-state index in [2.05, 4.69) is 0 Å². The molecule has 18 heavy (non-hydrogen) atoms. The molecule has 1 aromatic carbocycles. The van der Waals surface area contributed by atoms with Gasteiger partial charge in [0.05, 0.1) is 17.4 Å². The van der Waals surface area contributed by atoms with Gasteiger partial charge in [0.2, 0.25) is 0 Å². The first kappa shape index (κ1) is 14.4. The molecule has 0 saturated heterocycles. The standard InChI is InChI=1S/C13H15NO3S/c1-2-3-8-18(16,17)10-13(15)12-6-4-11(9-14)5-7-12/h4-7H,2-3,8,10H2,1H3. The minimum Gasteiger partial charge on any atom is -0.293 e. The zero-order valence-corrected chi connectivity index (χ0v) is 11.0. The van der Waals surface area contributed by atoms with Crippen LogP contribution in [0.5, 0.6) is 0 Å². The number of sulfone groups is 1.